The number of nitrogens with zero attached hydrogens (tertiary/aromatic N) is 2. The molecule has 1 aromatic carbocycles. The number of ether oxygens (including phenoxy) is 1. The molecule has 23 heavy (non-hydrogen) atoms. The van der Waals surface area contributed by atoms with Crippen LogP contribution < -0.4 is 0 Å². The van der Waals surface area contributed by atoms with Gasteiger partial charge in [0.2, 0.25) is 5.78 Å². The summed E-state index contributed by atoms with van der Waals surface area (Å²) >= 11 is 0. The van der Waals surface area contributed by atoms with Crippen molar-refractivity contribution in [1.82, 2.24) is 9.78 Å². The molecule has 0 amide bonds. The van der Waals surface area contributed by atoms with Gasteiger partial charge in [-0.1, -0.05) is 12.1 Å². The number of aryl methyl sites for hydroxylation is 2. The summed E-state index contributed by atoms with van der Waals surface area (Å²) in [6.07, 6.45) is 2.82. The fourth-order valence-electron chi connectivity index (χ4n) is 2.13. The number of ketones is 1. The summed E-state index contributed by atoms with van der Waals surface area (Å²) in [5, 5.41) is 4.23. The predicted molar refractivity (Wildman–Crippen MR) is 83.4 cm³/mol. The standard InChI is InChI=1S/C17H17FN2O3/c1-11-13(12(2)20(3)19-11)8-9-17(22)23-10-16(21)14-6-4-5-7-15(14)18/h4-9H,10H2,1-3H3/b9-8+. The van der Waals surface area contributed by atoms with Gasteiger partial charge in [0, 0.05) is 24.4 Å². The smallest absolute Gasteiger partial charge is 0.331 e. The molecule has 0 atom stereocenters. The van der Waals surface area contributed by atoms with Gasteiger partial charge >= 0.3 is 5.97 Å². The Hall–Kier alpha value is -2.76. The summed E-state index contributed by atoms with van der Waals surface area (Å²) in [6.45, 7) is 3.21. The van der Waals surface area contributed by atoms with E-state index >= 15 is 0 Å². The van der Waals surface area contributed by atoms with Crippen LogP contribution in [0.15, 0.2) is 30.3 Å². The van der Waals surface area contributed by atoms with Gasteiger partial charge in [-0.3, -0.25) is 9.48 Å². The zero-order valence-corrected chi connectivity index (χ0v) is 13.2. The quantitative estimate of drug-likeness (QED) is 0.483. The Bertz CT molecular complexity index is 778. The molecule has 0 bridgehead atoms. The van der Waals surface area contributed by atoms with Gasteiger partial charge in [0.15, 0.2) is 6.61 Å². The van der Waals surface area contributed by atoms with Crippen LogP contribution in [0.25, 0.3) is 6.08 Å². The molecule has 0 aliphatic heterocycles. The second kappa shape index (κ2) is 7.00. The van der Waals surface area contributed by atoms with E-state index in [-0.39, 0.29) is 5.56 Å². The maximum Gasteiger partial charge on any atom is 0.331 e. The second-order valence-electron chi connectivity index (χ2n) is 5.05. The van der Waals surface area contributed by atoms with Gasteiger partial charge in [0.25, 0.3) is 0 Å². The topological polar surface area (TPSA) is 61.2 Å². The maximum atomic E-state index is 13.4. The molecule has 0 fully saturated rings. The monoisotopic (exact) mass is 316 g/mol. The highest BCUT2D eigenvalue weighted by atomic mass is 19.1. The van der Waals surface area contributed by atoms with Crippen molar-refractivity contribution in [3.05, 3.63) is 58.7 Å². The highest BCUT2D eigenvalue weighted by molar-refractivity contribution is 5.99. The average Bonchev–Trinajstić information content (AvgIpc) is 2.76. The first-order valence-electron chi connectivity index (χ1n) is 7.03. The Morgan fingerprint density at radius 3 is 2.61 bits per heavy atom. The van der Waals surface area contributed by atoms with Crippen molar-refractivity contribution in [2.24, 2.45) is 7.05 Å². The van der Waals surface area contributed by atoms with E-state index in [1.54, 1.807) is 16.8 Å². The molecule has 0 N–H and O–H groups in total. The van der Waals surface area contributed by atoms with E-state index in [4.69, 9.17) is 4.74 Å². The molecule has 6 heteroatoms. The Morgan fingerprint density at radius 2 is 2.00 bits per heavy atom. The molecule has 0 aliphatic rings. The van der Waals surface area contributed by atoms with Gasteiger partial charge in [-0.15, -0.1) is 0 Å². The molecule has 0 radical (unpaired) electrons. The van der Waals surface area contributed by atoms with E-state index in [0.29, 0.717) is 0 Å². The lowest BCUT2D eigenvalue weighted by atomic mass is 10.1. The highest BCUT2D eigenvalue weighted by Gasteiger charge is 2.13. The number of carbonyl (C=O) groups excluding carboxylic acids is 2. The number of Topliss-reactive ketones (excluding diaryl/α,β-unsaturated/α-hetero) is 1. The van der Waals surface area contributed by atoms with Gasteiger partial charge in [-0.05, 0) is 32.1 Å². The van der Waals surface area contributed by atoms with Crippen LogP contribution in [0.2, 0.25) is 0 Å². The van der Waals surface area contributed by atoms with Crippen LogP contribution in [0, 0.1) is 19.7 Å². The van der Waals surface area contributed by atoms with Crippen molar-refractivity contribution in [2.75, 3.05) is 6.61 Å². The van der Waals surface area contributed by atoms with E-state index in [1.807, 2.05) is 20.9 Å². The van der Waals surface area contributed by atoms with Gasteiger partial charge in [0.05, 0.1) is 11.3 Å². The minimum absolute atomic E-state index is 0.0942. The van der Waals surface area contributed by atoms with Crippen LogP contribution in [0.1, 0.15) is 27.3 Å². The van der Waals surface area contributed by atoms with Crippen LogP contribution in [-0.2, 0) is 16.6 Å². The molecular formula is C17H17FN2O3. The summed E-state index contributed by atoms with van der Waals surface area (Å²) in [5.74, 6) is -1.89. The Kier molecular flexibility index (Phi) is 5.05. The lowest BCUT2D eigenvalue weighted by Crippen LogP contribution is -2.13. The summed E-state index contributed by atoms with van der Waals surface area (Å²) in [5.41, 5.74) is 2.43. The predicted octanol–water partition coefficient (Wildman–Crippen LogP) is 2.62. The van der Waals surface area contributed by atoms with E-state index in [2.05, 4.69) is 5.10 Å². The Labute approximate surface area is 133 Å². The van der Waals surface area contributed by atoms with Gasteiger partial charge in [0.1, 0.15) is 5.82 Å². The number of halogens is 1. The summed E-state index contributed by atoms with van der Waals surface area (Å²) in [7, 11) is 1.81. The Morgan fingerprint density at radius 1 is 1.30 bits per heavy atom. The molecule has 1 aromatic heterocycles. The Balaban J connectivity index is 1.96. The molecule has 2 aromatic rings. The lowest BCUT2D eigenvalue weighted by molar-refractivity contribution is -0.136. The number of hydrogen-bond acceptors (Lipinski definition) is 4. The third kappa shape index (κ3) is 3.91. The third-order valence-electron chi connectivity index (χ3n) is 3.47. The maximum absolute atomic E-state index is 13.4. The molecule has 120 valence electrons. The van der Waals surface area contributed by atoms with E-state index < -0.39 is 24.2 Å². The van der Waals surface area contributed by atoms with E-state index in [1.165, 1.54) is 24.3 Å². The van der Waals surface area contributed by atoms with Crippen LogP contribution in [-0.4, -0.2) is 28.1 Å². The van der Waals surface area contributed by atoms with Crippen molar-refractivity contribution in [2.45, 2.75) is 13.8 Å². The van der Waals surface area contributed by atoms with E-state index in [0.717, 1.165) is 17.0 Å². The SMILES string of the molecule is Cc1nn(C)c(C)c1/C=C/C(=O)OCC(=O)c1ccccc1F. The van der Waals surface area contributed by atoms with Crippen LogP contribution in [0.3, 0.4) is 0 Å². The molecule has 1 heterocycles. The first-order valence-corrected chi connectivity index (χ1v) is 7.03. The minimum atomic E-state index is -0.669. The zero-order chi connectivity index (χ0) is 17.0. The summed E-state index contributed by atoms with van der Waals surface area (Å²) in [6, 6.07) is 5.57. The largest absolute Gasteiger partial charge is 0.454 e. The first-order chi connectivity index (χ1) is 10.9. The van der Waals surface area contributed by atoms with Crippen molar-refractivity contribution >= 4 is 17.8 Å². The molecule has 0 unspecified atom stereocenters. The van der Waals surface area contributed by atoms with Gasteiger partial charge < -0.3 is 4.74 Å². The number of aromatic nitrogens is 2. The van der Waals surface area contributed by atoms with Crippen molar-refractivity contribution < 1.29 is 18.7 Å². The fraction of sp³-hybridized carbons (Fsp3) is 0.235. The molecule has 0 aliphatic carbocycles. The zero-order valence-electron chi connectivity index (χ0n) is 13.2. The molecule has 0 saturated carbocycles. The van der Waals surface area contributed by atoms with Gasteiger partial charge in [-0.25, -0.2) is 9.18 Å². The molecular weight excluding hydrogens is 299 g/mol. The number of esters is 1. The average molecular weight is 316 g/mol. The number of hydrogen-bond donors (Lipinski definition) is 0. The summed E-state index contributed by atoms with van der Waals surface area (Å²) < 4.78 is 20.0. The number of rotatable bonds is 5. The second-order valence-corrected chi connectivity index (χ2v) is 5.05. The van der Waals surface area contributed by atoms with Crippen molar-refractivity contribution in [1.29, 1.82) is 0 Å². The minimum Gasteiger partial charge on any atom is -0.454 e. The number of benzene rings is 1. The van der Waals surface area contributed by atoms with Crippen LogP contribution in [0.5, 0.6) is 0 Å². The molecule has 0 saturated heterocycles. The van der Waals surface area contributed by atoms with Crippen molar-refractivity contribution in [3.8, 4) is 0 Å². The molecule has 5 nitrogen and oxygen atoms in total. The van der Waals surface area contributed by atoms with Crippen molar-refractivity contribution in [3.63, 3.8) is 0 Å². The van der Waals surface area contributed by atoms with E-state index in [9.17, 15) is 14.0 Å². The van der Waals surface area contributed by atoms with Crippen LogP contribution >= 0.6 is 0 Å². The third-order valence-corrected chi connectivity index (χ3v) is 3.47. The van der Waals surface area contributed by atoms with Crippen LogP contribution in [0.4, 0.5) is 4.39 Å². The van der Waals surface area contributed by atoms with Gasteiger partial charge in [-0.2, -0.15) is 5.10 Å². The number of carbonyl (C=O) groups is 2. The highest BCUT2D eigenvalue weighted by Crippen LogP contribution is 2.13. The fourth-order valence-corrected chi connectivity index (χ4v) is 2.13. The first kappa shape index (κ1) is 16.6. The lowest BCUT2D eigenvalue weighted by Gasteiger charge is -2.03. The molecule has 2 rings (SSSR count). The molecule has 0 spiro atoms. The normalized spacial score (nSPS) is 11.0. The summed E-state index contributed by atoms with van der Waals surface area (Å²) in [4.78, 5) is 23.5.